The number of aliphatic carboxylic acids is 1. The molecule has 1 atom stereocenters. The van der Waals surface area contributed by atoms with Crippen LogP contribution in [0.5, 0.6) is 0 Å². The van der Waals surface area contributed by atoms with Crippen LogP contribution < -0.4 is 0 Å². The molecule has 1 aliphatic heterocycles. The number of benzene rings is 1. The minimum atomic E-state index is -1.10. The fraction of sp³-hybridized carbons (Fsp3) is 0.286. The fourth-order valence-electron chi connectivity index (χ4n) is 3.21. The predicted molar refractivity (Wildman–Crippen MR) is 121 cm³/mol. The zero-order valence-electron chi connectivity index (χ0n) is 16.9. The number of nitro benzene ring substituents is 1. The van der Waals surface area contributed by atoms with Gasteiger partial charge in [0.05, 0.1) is 15.4 Å². The van der Waals surface area contributed by atoms with Gasteiger partial charge in [0.25, 0.3) is 11.6 Å². The van der Waals surface area contributed by atoms with Crippen LogP contribution in [-0.2, 0) is 9.59 Å². The van der Waals surface area contributed by atoms with E-state index in [0.717, 1.165) is 28.6 Å². The molecule has 3 rings (SSSR count). The highest BCUT2D eigenvalue weighted by molar-refractivity contribution is 8.26. The summed E-state index contributed by atoms with van der Waals surface area (Å²) in [7, 11) is 0. The average Bonchev–Trinajstić information content (AvgIpc) is 3.27. The molecule has 0 spiro atoms. The van der Waals surface area contributed by atoms with Crippen LogP contribution in [0.2, 0.25) is 0 Å². The first kappa shape index (κ1) is 22.7. The third-order valence-electron chi connectivity index (χ3n) is 4.77. The number of amides is 1. The minimum absolute atomic E-state index is 0.0764. The smallest absolute Gasteiger partial charge is 0.326 e. The van der Waals surface area contributed by atoms with E-state index in [2.05, 4.69) is 0 Å². The number of carboxylic acid groups (broad SMARTS) is 1. The van der Waals surface area contributed by atoms with Crippen molar-refractivity contribution in [3.05, 3.63) is 56.7 Å². The number of carboxylic acids is 1. The molecule has 1 N–H and O–H groups in total. The molecule has 2 heterocycles. The zero-order chi connectivity index (χ0) is 22.7. The molecular formula is C21H20N2O6S2. The van der Waals surface area contributed by atoms with Crippen LogP contribution in [0.25, 0.3) is 17.4 Å². The van der Waals surface area contributed by atoms with Gasteiger partial charge in [-0.05, 0) is 37.1 Å². The maximum absolute atomic E-state index is 12.8. The second kappa shape index (κ2) is 9.44. The van der Waals surface area contributed by atoms with Crippen molar-refractivity contribution < 1.29 is 24.0 Å². The van der Waals surface area contributed by atoms with Crippen LogP contribution in [0.3, 0.4) is 0 Å². The van der Waals surface area contributed by atoms with E-state index in [1.807, 2.05) is 6.92 Å². The molecule has 1 amide bonds. The van der Waals surface area contributed by atoms with E-state index in [4.69, 9.17) is 16.6 Å². The number of hydrogen-bond acceptors (Lipinski definition) is 7. The van der Waals surface area contributed by atoms with Gasteiger partial charge in [0.15, 0.2) is 0 Å². The number of thiocarbonyl (C=S) groups is 1. The second-order valence-corrected chi connectivity index (χ2v) is 8.70. The van der Waals surface area contributed by atoms with Gasteiger partial charge < -0.3 is 9.52 Å². The van der Waals surface area contributed by atoms with E-state index in [0.29, 0.717) is 29.9 Å². The number of aryl methyl sites for hydroxylation is 1. The first-order valence-corrected chi connectivity index (χ1v) is 10.8. The van der Waals surface area contributed by atoms with Gasteiger partial charge in [0, 0.05) is 12.1 Å². The number of thioether (sulfide) groups is 1. The van der Waals surface area contributed by atoms with E-state index in [-0.39, 0.29) is 14.9 Å². The lowest BCUT2D eigenvalue weighted by molar-refractivity contribution is -0.384. The summed E-state index contributed by atoms with van der Waals surface area (Å²) in [6, 6.07) is 6.99. The van der Waals surface area contributed by atoms with Gasteiger partial charge in [0.2, 0.25) is 0 Å². The lowest BCUT2D eigenvalue weighted by Gasteiger charge is -2.22. The van der Waals surface area contributed by atoms with E-state index >= 15 is 0 Å². The number of nitro groups is 1. The Morgan fingerprint density at radius 3 is 2.77 bits per heavy atom. The Kier molecular flexibility index (Phi) is 6.91. The second-order valence-electron chi connectivity index (χ2n) is 7.03. The predicted octanol–water partition coefficient (Wildman–Crippen LogP) is 5.01. The number of nitrogens with zero attached hydrogens (tertiary/aromatic N) is 2. The maximum atomic E-state index is 12.8. The summed E-state index contributed by atoms with van der Waals surface area (Å²) in [5.41, 5.74) is 1.00. The Bertz CT molecular complexity index is 1090. The maximum Gasteiger partial charge on any atom is 0.326 e. The van der Waals surface area contributed by atoms with Gasteiger partial charge >= 0.3 is 5.97 Å². The molecule has 0 aliphatic carbocycles. The van der Waals surface area contributed by atoms with Crippen LogP contribution in [0.1, 0.15) is 37.5 Å². The molecule has 10 heteroatoms. The highest BCUT2D eigenvalue weighted by Gasteiger charge is 2.40. The molecule has 0 radical (unpaired) electrons. The molecular weight excluding hydrogens is 440 g/mol. The largest absolute Gasteiger partial charge is 0.480 e. The molecule has 0 saturated carbocycles. The Hall–Kier alpha value is -2.98. The van der Waals surface area contributed by atoms with E-state index in [9.17, 15) is 24.8 Å². The number of rotatable bonds is 8. The van der Waals surface area contributed by atoms with Crippen LogP contribution in [0.15, 0.2) is 39.7 Å². The number of carbonyl (C=O) groups excluding carboxylic acids is 1. The first-order chi connectivity index (χ1) is 14.7. The van der Waals surface area contributed by atoms with Crippen LogP contribution >= 0.6 is 24.0 Å². The fourth-order valence-corrected chi connectivity index (χ4v) is 4.55. The summed E-state index contributed by atoms with van der Waals surface area (Å²) < 4.78 is 5.91. The van der Waals surface area contributed by atoms with Gasteiger partial charge in [-0.25, -0.2) is 4.79 Å². The lowest BCUT2D eigenvalue weighted by atomic mass is 10.1. The molecule has 1 fully saturated rings. The van der Waals surface area contributed by atoms with Crippen molar-refractivity contribution in [1.82, 2.24) is 4.90 Å². The highest BCUT2D eigenvalue weighted by atomic mass is 32.2. The van der Waals surface area contributed by atoms with Crippen LogP contribution in [-0.4, -0.2) is 37.2 Å². The molecule has 31 heavy (non-hydrogen) atoms. The van der Waals surface area contributed by atoms with Crippen molar-refractivity contribution in [3.63, 3.8) is 0 Å². The van der Waals surface area contributed by atoms with E-state index in [1.54, 1.807) is 31.2 Å². The topological polar surface area (TPSA) is 114 Å². The quantitative estimate of drug-likeness (QED) is 0.253. The SMILES string of the molecule is CCCC[C@@H](C(=O)O)N1C(=O)/C(=C\c2ccc(-c3ccc(C)cc3[N+](=O)[O-])o2)SC1=S. The average molecular weight is 461 g/mol. The van der Waals surface area contributed by atoms with Gasteiger partial charge in [-0.15, -0.1) is 0 Å². The zero-order valence-corrected chi connectivity index (χ0v) is 18.5. The van der Waals surface area contributed by atoms with Crippen molar-refractivity contribution in [1.29, 1.82) is 0 Å². The Balaban J connectivity index is 1.88. The summed E-state index contributed by atoms with van der Waals surface area (Å²) in [6.07, 6.45) is 3.24. The van der Waals surface area contributed by atoms with Gasteiger partial charge in [-0.1, -0.05) is 49.8 Å². The third kappa shape index (κ3) is 4.86. The van der Waals surface area contributed by atoms with E-state index < -0.39 is 22.8 Å². The van der Waals surface area contributed by atoms with Crippen LogP contribution in [0, 0.1) is 17.0 Å². The number of furan rings is 1. The summed E-state index contributed by atoms with van der Waals surface area (Å²) in [5, 5.41) is 20.9. The van der Waals surface area contributed by atoms with E-state index in [1.165, 1.54) is 12.1 Å². The molecule has 1 aromatic heterocycles. The summed E-state index contributed by atoms with van der Waals surface area (Å²) in [5.74, 6) is -0.985. The summed E-state index contributed by atoms with van der Waals surface area (Å²) in [6.45, 7) is 3.70. The number of carbonyl (C=O) groups is 2. The third-order valence-corrected chi connectivity index (χ3v) is 6.10. The number of hydrogen-bond donors (Lipinski definition) is 1. The Labute approximate surface area is 188 Å². The van der Waals surface area contributed by atoms with Crippen molar-refractivity contribution in [2.45, 2.75) is 39.2 Å². The molecule has 162 valence electrons. The summed E-state index contributed by atoms with van der Waals surface area (Å²) >= 11 is 6.26. The Morgan fingerprint density at radius 2 is 2.13 bits per heavy atom. The molecule has 2 aromatic rings. The van der Waals surface area contributed by atoms with Crippen molar-refractivity contribution in [3.8, 4) is 11.3 Å². The van der Waals surface area contributed by atoms with Crippen molar-refractivity contribution >= 4 is 51.9 Å². The monoisotopic (exact) mass is 460 g/mol. The normalized spacial score (nSPS) is 16.2. The minimum Gasteiger partial charge on any atom is -0.480 e. The molecule has 1 saturated heterocycles. The molecule has 0 bridgehead atoms. The lowest BCUT2D eigenvalue weighted by Crippen LogP contribution is -2.43. The van der Waals surface area contributed by atoms with Gasteiger partial charge in [0.1, 0.15) is 21.9 Å². The molecule has 1 aliphatic rings. The van der Waals surface area contributed by atoms with Gasteiger partial charge in [-0.2, -0.15) is 0 Å². The molecule has 8 nitrogen and oxygen atoms in total. The highest BCUT2D eigenvalue weighted by Crippen LogP contribution is 2.37. The Morgan fingerprint density at radius 1 is 1.39 bits per heavy atom. The molecule has 0 unspecified atom stereocenters. The van der Waals surface area contributed by atoms with Crippen molar-refractivity contribution in [2.24, 2.45) is 0 Å². The molecule has 1 aromatic carbocycles. The standard InChI is InChI=1S/C21H20N2O6S2/c1-3-4-5-15(20(25)26)22-19(24)18(31-21(22)30)11-13-7-9-17(29-13)14-8-6-12(2)10-16(14)23(27)28/h6-11,15H,3-5H2,1-2H3,(H,25,26)/b18-11+/t15-/m0/s1. The summed E-state index contributed by atoms with van der Waals surface area (Å²) in [4.78, 5) is 36.8. The first-order valence-electron chi connectivity index (χ1n) is 9.58. The van der Waals surface area contributed by atoms with Crippen LogP contribution in [0.4, 0.5) is 5.69 Å². The van der Waals surface area contributed by atoms with Gasteiger partial charge in [-0.3, -0.25) is 19.8 Å². The van der Waals surface area contributed by atoms with Crippen molar-refractivity contribution in [2.75, 3.05) is 0 Å². The number of unbranched alkanes of at least 4 members (excludes halogenated alkanes) is 1.